The first-order chi connectivity index (χ1) is 9.72. The second-order valence-electron chi connectivity index (χ2n) is 4.15. The van der Waals surface area contributed by atoms with Crippen LogP contribution in [0.2, 0.25) is 0 Å². The Bertz CT molecular complexity index is 330. The molecule has 122 valence electrons. The highest BCUT2D eigenvalue weighted by atomic mass is 16.8. The van der Waals surface area contributed by atoms with Crippen molar-refractivity contribution in [2.24, 2.45) is 0 Å². The van der Waals surface area contributed by atoms with E-state index in [2.05, 4.69) is 21.1 Å². The summed E-state index contributed by atoms with van der Waals surface area (Å²) in [7, 11) is 0. The number of hydrogen-bond donors (Lipinski definition) is 1. The molecule has 0 amide bonds. The van der Waals surface area contributed by atoms with Crippen LogP contribution >= 0.6 is 0 Å². The van der Waals surface area contributed by atoms with Crippen LogP contribution in [0.5, 0.6) is 0 Å². The first-order valence-electron chi connectivity index (χ1n) is 6.06. The van der Waals surface area contributed by atoms with E-state index in [0.29, 0.717) is 12.7 Å². The number of cyclic esters (lactones) is 2. The van der Waals surface area contributed by atoms with Crippen molar-refractivity contribution in [3.05, 3.63) is 0 Å². The summed E-state index contributed by atoms with van der Waals surface area (Å²) >= 11 is 0. The van der Waals surface area contributed by atoms with Crippen LogP contribution in [-0.4, -0.2) is 55.1 Å². The molecule has 2 aliphatic rings. The summed E-state index contributed by atoms with van der Waals surface area (Å²) in [6.07, 6.45) is -1.20. The minimum absolute atomic E-state index is 0.0486. The first kappa shape index (κ1) is 21.2. The van der Waals surface area contributed by atoms with Gasteiger partial charge in [-0.1, -0.05) is 0 Å². The number of epoxide rings is 1. The normalized spacial score (nSPS) is 20.7. The lowest BCUT2D eigenvalue weighted by Gasteiger charge is -1.99. The molecule has 1 N–H and O–H groups in total. The Labute approximate surface area is 122 Å². The molecular weight excluding hydrogens is 288 g/mol. The van der Waals surface area contributed by atoms with Gasteiger partial charge in [0.05, 0.1) is 18.8 Å². The Morgan fingerprint density at radius 2 is 1.71 bits per heavy atom. The molecule has 9 heteroatoms. The van der Waals surface area contributed by atoms with Crippen LogP contribution in [-0.2, 0) is 28.5 Å². The molecule has 0 aromatic heterocycles. The highest BCUT2D eigenvalue weighted by Gasteiger charge is 2.19. The van der Waals surface area contributed by atoms with Crippen LogP contribution in [0.15, 0.2) is 0 Å². The predicted molar refractivity (Wildman–Crippen MR) is 66.6 cm³/mol. The zero-order valence-electron chi connectivity index (χ0n) is 12.4. The van der Waals surface area contributed by atoms with E-state index in [0.717, 1.165) is 6.61 Å². The Balaban J connectivity index is 0. The molecule has 2 saturated heterocycles. The predicted octanol–water partition coefficient (Wildman–Crippen LogP) is 1.45. The van der Waals surface area contributed by atoms with E-state index in [1.165, 1.54) is 0 Å². The van der Waals surface area contributed by atoms with Crippen molar-refractivity contribution in [2.45, 2.75) is 46.0 Å². The summed E-state index contributed by atoms with van der Waals surface area (Å²) in [6, 6.07) is 0. The minimum Gasteiger partial charge on any atom is -0.450 e. The summed E-state index contributed by atoms with van der Waals surface area (Å²) < 4.78 is 17.8. The van der Waals surface area contributed by atoms with E-state index in [1.807, 2.05) is 0 Å². The minimum atomic E-state index is -1.21. The summed E-state index contributed by atoms with van der Waals surface area (Å²) in [5.74, 6) is 0. The zero-order chi connectivity index (χ0) is 16.8. The lowest BCUT2D eigenvalue weighted by Crippen LogP contribution is -2.07. The standard InChI is InChI=1S/C4H6O3.C4H8O3.C3H6O.CO2/c1-3-2-6-4(5)7-3;1-3(2)7-4(5)6;1-3-2-4-3;2-1-3/h3H,2H2,1H3;3H,1-2H3,(H,5,6);3H,2H2,1H3;. The summed E-state index contributed by atoms with van der Waals surface area (Å²) in [5, 5.41) is 7.86. The van der Waals surface area contributed by atoms with Gasteiger partial charge in [-0.2, -0.15) is 9.59 Å². The van der Waals surface area contributed by atoms with E-state index in [9.17, 15) is 9.59 Å². The third-order valence-corrected chi connectivity index (χ3v) is 1.57. The third kappa shape index (κ3) is 23.4. The van der Waals surface area contributed by atoms with Crippen molar-refractivity contribution < 1.29 is 43.2 Å². The van der Waals surface area contributed by atoms with E-state index < -0.39 is 12.3 Å². The topological polar surface area (TPSA) is 129 Å². The van der Waals surface area contributed by atoms with Gasteiger partial charge in [-0.15, -0.1) is 0 Å². The smallest absolute Gasteiger partial charge is 0.450 e. The molecular formula is C12H20O9. The molecule has 0 spiro atoms. The van der Waals surface area contributed by atoms with Gasteiger partial charge in [-0.05, 0) is 27.7 Å². The number of carbonyl (C=O) groups is 2. The molecule has 2 atom stereocenters. The molecule has 2 fully saturated rings. The SMILES string of the molecule is CC(C)OC(=O)O.CC1CO1.CC1COC(=O)O1.O=C=O. The molecule has 0 aromatic carbocycles. The van der Waals surface area contributed by atoms with Gasteiger partial charge in [0.1, 0.15) is 12.7 Å². The van der Waals surface area contributed by atoms with Crippen molar-refractivity contribution >= 4 is 18.5 Å². The third-order valence-electron chi connectivity index (χ3n) is 1.57. The number of rotatable bonds is 1. The average Bonchev–Trinajstić information content (AvgIpc) is 3.01. The van der Waals surface area contributed by atoms with Gasteiger partial charge in [0.15, 0.2) is 0 Å². The summed E-state index contributed by atoms with van der Waals surface area (Å²) in [5.41, 5.74) is 0. The van der Waals surface area contributed by atoms with Gasteiger partial charge < -0.3 is 24.1 Å². The zero-order valence-corrected chi connectivity index (χ0v) is 12.4. The largest absolute Gasteiger partial charge is 0.508 e. The molecule has 21 heavy (non-hydrogen) atoms. The van der Waals surface area contributed by atoms with Crippen LogP contribution in [0, 0.1) is 0 Å². The van der Waals surface area contributed by atoms with Gasteiger partial charge in [0, 0.05) is 0 Å². The Morgan fingerprint density at radius 3 is 1.76 bits per heavy atom. The quantitative estimate of drug-likeness (QED) is 0.565. The Kier molecular flexibility index (Phi) is 13.0. The number of ether oxygens (including phenoxy) is 4. The van der Waals surface area contributed by atoms with Gasteiger partial charge in [-0.25, -0.2) is 9.59 Å². The van der Waals surface area contributed by atoms with Crippen molar-refractivity contribution in [1.82, 2.24) is 0 Å². The lowest BCUT2D eigenvalue weighted by atomic mass is 10.5. The molecule has 0 radical (unpaired) electrons. The molecule has 2 rings (SSSR count). The van der Waals surface area contributed by atoms with Gasteiger partial charge in [0.25, 0.3) is 0 Å². The summed E-state index contributed by atoms with van der Waals surface area (Å²) in [6.45, 7) is 8.55. The van der Waals surface area contributed by atoms with E-state index >= 15 is 0 Å². The maximum atomic E-state index is 10.0. The molecule has 0 aliphatic carbocycles. The summed E-state index contributed by atoms with van der Waals surface area (Å²) in [4.78, 5) is 35.8. The second-order valence-corrected chi connectivity index (χ2v) is 4.15. The van der Waals surface area contributed by atoms with Crippen LogP contribution < -0.4 is 0 Å². The lowest BCUT2D eigenvalue weighted by molar-refractivity contribution is -0.191. The molecule has 0 aromatic rings. The fraction of sp³-hybridized carbons (Fsp3) is 0.750. The first-order valence-corrected chi connectivity index (χ1v) is 6.06. The van der Waals surface area contributed by atoms with Crippen molar-refractivity contribution in [1.29, 1.82) is 0 Å². The van der Waals surface area contributed by atoms with Gasteiger partial charge in [-0.3, -0.25) is 0 Å². The fourth-order valence-corrected chi connectivity index (χ4v) is 0.716. The van der Waals surface area contributed by atoms with Crippen LogP contribution in [0.3, 0.4) is 0 Å². The number of carbonyl (C=O) groups excluding carboxylic acids is 3. The maximum Gasteiger partial charge on any atom is 0.508 e. The average molecular weight is 308 g/mol. The molecule has 0 saturated carbocycles. The molecule has 0 bridgehead atoms. The van der Waals surface area contributed by atoms with Gasteiger partial charge >= 0.3 is 18.5 Å². The van der Waals surface area contributed by atoms with Crippen LogP contribution in [0.1, 0.15) is 27.7 Å². The highest BCUT2D eigenvalue weighted by Crippen LogP contribution is 2.04. The molecule has 2 aliphatic heterocycles. The molecule has 2 unspecified atom stereocenters. The van der Waals surface area contributed by atoms with Gasteiger partial charge in [0.2, 0.25) is 0 Å². The van der Waals surface area contributed by atoms with Crippen LogP contribution in [0.25, 0.3) is 0 Å². The highest BCUT2D eigenvalue weighted by molar-refractivity contribution is 5.61. The van der Waals surface area contributed by atoms with Crippen molar-refractivity contribution in [3.63, 3.8) is 0 Å². The van der Waals surface area contributed by atoms with E-state index in [4.69, 9.17) is 19.4 Å². The molecule has 2 heterocycles. The monoisotopic (exact) mass is 308 g/mol. The Hall–Kier alpha value is -2.12. The van der Waals surface area contributed by atoms with E-state index in [-0.39, 0.29) is 18.4 Å². The maximum absolute atomic E-state index is 10.0. The second kappa shape index (κ2) is 12.9. The fourth-order valence-electron chi connectivity index (χ4n) is 0.716. The van der Waals surface area contributed by atoms with Crippen molar-refractivity contribution in [2.75, 3.05) is 13.2 Å². The number of carboxylic acid groups (broad SMARTS) is 1. The molecule has 9 nitrogen and oxygen atoms in total. The van der Waals surface area contributed by atoms with Crippen molar-refractivity contribution in [3.8, 4) is 0 Å². The number of hydrogen-bond acceptors (Lipinski definition) is 8. The van der Waals surface area contributed by atoms with Crippen LogP contribution in [0.4, 0.5) is 9.59 Å². The Morgan fingerprint density at radius 1 is 1.29 bits per heavy atom. The van der Waals surface area contributed by atoms with E-state index in [1.54, 1.807) is 20.8 Å².